The van der Waals surface area contributed by atoms with E-state index in [2.05, 4.69) is 11.4 Å². The van der Waals surface area contributed by atoms with Crippen LogP contribution in [0, 0.1) is 11.3 Å². The molecule has 2 amide bonds. The molecule has 1 aromatic carbocycles. The van der Waals surface area contributed by atoms with Gasteiger partial charge < -0.3 is 14.9 Å². The van der Waals surface area contributed by atoms with E-state index >= 15 is 0 Å². The fourth-order valence-electron chi connectivity index (χ4n) is 3.94. The van der Waals surface area contributed by atoms with Gasteiger partial charge in [0, 0.05) is 32.5 Å². The second-order valence-corrected chi connectivity index (χ2v) is 7.96. The van der Waals surface area contributed by atoms with E-state index in [0.29, 0.717) is 38.0 Å². The normalized spacial score (nSPS) is 21.5. The number of rotatable bonds is 5. The Morgan fingerprint density at radius 2 is 2.11 bits per heavy atom. The van der Waals surface area contributed by atoms with Gasteiger partial charge in [0.2, 0.25) is 5.91 Å². The van der Waals surface area contributed by atoms with Gasteiger partial charge in [-0.25, -0.2) is 4.79 Å². The molecule has 1 unspecified atom stereocenters. The summed E-state index contributed by atoms with van der Waals surface area (Å²) in [6.07, 6.45) is 2.93. The van der Waals surface area contributed by atoms with E-state index < -0.39 is 11.8 Å². The number of thioether (sulfide) groups is 1. The fraction of sp³-hybridized carbons (Fsp3) is 0.526. The van der Waals surface area contributed by atoms with Gasteiger partial charge in [0.25, 0.3) is 0 Å². The van der Waals surface area contributed by atoms with Crippen molar-refractivity contribution in [2.75, 3.05) is 25.1 Å². The van der Waals surface area contributed by atoms with Crippen molar-refractivity contribution in [3.05, 3.63) is 35.4 Å². The Labute approximate surface area is 163 Å². The number of hydrogen-bond donors (Lipinski definition) is 2. The predicted octanol–water partition coefficient (Wildman–Crippen LogP) is 2.08. The van der Waals surface area contributed by atoms with Crippen LogP contribution in [-0.2, 0) is 11.3 Å². The molecule has 1 aromatic rings. The van der Waals surface area contributed by atoms with E-state index in [1.807, 2.05) is 29.4 Å². The minimum absolute atomic E-state index is 0.0422. The van der Waals surface area contributed by atoms with Crippen LogP contribution in [0.15, 0.2) is 24.3 Å². The molecule has 2 aliphatic heterocycles. The van der Waals surface area contributed by atoms with E-state index in [1.54, 1.807) is 17.8 Å². The lowest BCUT2D eigenvalue weighted by Gasteiger charge is -2.44. The number of amides is 2. The van der Waals surface area contributed by atoms with Gasteiger partial charge in [-0.15, -0.1) is 0 Å². The molecule has 144 valence electrons. The maximum atomic E-state index is 13.1. The largest absolute Gasteiger partial charge is 0.465 e. The zero-order valence-corrected chi connectivity index (χ0v) is 16.2. The van der Waals surface area contributed by atoms with Crippen molar-refractivity contribution in [3.63, 3.8) is 0 Å². The highest BCUT2D eigenvalue weighted by molar-refractivity contribution is 7.98. The smallest absolute Gasteiger partial charge is 0.407 e. The standard InChI is InChI=1S/C19H24N4O3S/c1-27-11-6-16-17(24)23(13-15-5-3-2-4-14(15)12-20)19(21-16)7-9-22(10-8-19)18(25)26/h2-5,16,21H,6-11,13H2,1H3,(H,25,26). The molecule has 27 heavy (non-hydrogen) atoms. The molecule has 0 aliphatic carbocycles. The molecule has 7 nitrogen and oxygen atoms in total. The zero-order valence-electron chi connectivity index (χ0n) is 15.4. The van der Waals surface area contributed by atoms with E-state index in [9.17, 15) is 20.0 Å². The number of nitrogens with one attached hydrogen (secondary N) is 1. The molecule has 0 aromatic heterocycles. The van der Waals surface area contributed by atoms with Crippen LogP contribution in [0.4, 0.5) is 4.79 Å². The third-order valence-corrected chi connectivity index (χ3v) is 6.11. The van der Waals surface area contributed by atoms with Crippen molar-refractivity contribution in [2.45, 2.75) is 37.5 Å². The fourth-order valence-corrected chi connectivity index (χ4v) is 4.41. The molecule has 2 aliphatic rings. The van der Waals surface area contributed by atoms with Gasteiger partial charge in [-0.1, -0.05) is 18.2 Å². The summed E-state index contributed by atoms with van der Waals surface area (Å²) < 4.78 is 0. The van der Waals surface area contributed by atoms with Crippen LogP contribution in [0.3, 0.4) is 0 Å². The summed E-state index contributed by atoms with van der Waals surface area (Å²) in [6.45, 7) is 1.14. The van der Waals surface area contributed by atoms with Crippen molar-refractivity contribution in [1.29, 1.82) is 5.26 Å². The summed E-state index contributed by atoms with van der Waals surface area (Å²) in [4.78, 5) is 27.7. The average Bonchev–Trinajstić information content (AvgIpc) is 2.92. The molecule has 2 saturated heterocycles. The topological polar surface area (TPSA) is 96.7 Å². The van der Waals surface area contributed by atoms with E-state index in [1.165, 1.54) is 4.90 Å². The molecular weight excluding hydrogens is 364 g/mol. The summed E-state index contributed by atoms with van der Waals surface area (Å²) in [7, 11) is 0. The quantitative estimate of drug-likeness (QED) is 0.802. The van der Waals surface area contributed by atoms with Crippen molar-refractivity contribution in [2.24, 2.45) is 0 Å². The molecular formula is C19H24N4O3S. The molecule has 2 heterocycles. The Kier molecular flexibility index (Phi) is 5.92. The highest BCUT2D eigenvalue weighted by atomic mass is 32.2. The van der Waals surface area contributed by atoms with Gasteiger partial charge in [-0.3, -0.25) is 10.1 Å². The third kappa shape index (κ3) is 3.89. The Morgan fingerprint density at radius 3 is 2.74 bits per heavy atom. The maximum Gasteiger partial charge on any atom is 0.407 e. The van der Waals surface area contributed by atoms with Gasteiger partial charge in [0.1, 0.15) is 0 Å². The third-order valence-electron chi connectivity index (χ3n) is 5.46. The van der Waals surface area contributed by atoms with Crippen molar-refractivity contribution >= 4 is 23.8 Å². The first-order valence-corrected chi connectivity index (χ1v) is 10.4. The van der Waals surface area contributed by atoms with Gasteiger partial charge >= 0.3 is 6.09 Å². The first-order chi connectivity index (χ1) is 13.0. The minimum atomic E-state index is -0.922. The molecule has 0 radical (unpaired) electrons. The van der Waals surface area contributed by atoms with Gasteiger partial charge in [0.05, 0.1) is 23.3 Å². The first-order valence-electron chi connectivity index (χ1n) is 9.05. The van der Waals surface area contributed by atoms with Crippen molar-refractivity contribution in [1.82, 2.24) is 15.1 Å². The molecule has 0 bridgehead atoms. The van der Waals surface area contributed by atoms with Crippen LogP contribution in [0.2, 0.25) is 0 Å². The second-order valence-electron chi connectivity index (χ2n) is 6.97. The first kappa shape index (κ1) is 19.5. The molecule has 1 spiro atoms. The molecule has 2 N–H and O–H groups in total. The van der Waals surface area contributed by atoms with Crippen molar-refractivity contribution < 1.29 is 14.7 Å². The molecule has 3 rings (SSSR count). The predicted molar refractivity (Wildman–Crippen MR) is 103 cm³/mol. The monoisotopic (exact) mass is 388 g/mol. The molecule has 0 saturated carbocycles. The van der Waals surface area contributed by atoms with Gasteiger partial charge in [-0.2, -0.15) is 17.0 Å². The zero-order chi connectivity index (χ0) is 19.4. The highest BCUT2D eigenvalue weighted by Gasteiger charge is 2.51. The van der Waals surface area contributed by atoms with Crippen LogP contribution >= 0.6 is 11.8 Å². The average molecular weight is 388 g/mol. The van der Waals surface area contributed by atoms with Crippen LogP contribution in [0.5, 0.6) is 0 Å². The Morgan fingerprint density at radius 1 is 1.41 bits per heavy atom. The minimum Gasteiger partial charge on any atom is -0.465 e. The van der Waals surface area contributed by atoms with E-state index in [4.69, 9.17) is 0 Å². The Balaban J connectivity index is 1.86. The second kappa shape index (κ2) is 8.19. The van der Waals surface area contributed by atoms with Crippen LogP contribution in [-0.4, -0.2) is 63.7 Å². The number of carbonyl (C=O) groups excluding carboxylic acids is 1. The van der Waals surface area contributed by atoms with Crippen LogP contribution in [0.25, 0.3) is 0 Å². The number of likely N-dealkylation sites (tertiary alicyclic amines) is 1. The van der Waals surface area contributed by atoms with Crippen LogP contribution < -0.4 is 5.32 Å². The number of piperidine rings is 1. The maximum absolute atomic E-state index is 13.1. The molecule has 8 heteroatoms. The van der Waals surface area contributed by atoms with Gasteiger partial charge in [-0.05, 0) is 30.1 Å². The van der Waals surface area contributed by atoms with E-state index in [-0.39, 0.29) is 11.9 Å². The summed E-state index contributed by atoms with van der Waals surface area (Å²) in [6, 6.07) is 9.25. The van der Waals surface area contributed by atoms with Gasteiger partial charge in [0.15, 0.2) is 0 Å². The highest BCUT2D eigenvalue weighted by Crippen LogP contribution is 2.35. The SMILES string of the molecule is CSCCC1NC2(CCN(C(=O)O)CC2)N(Cc2ccccc2C#N)C1=O. The Hall–Kier alpha value is -2.24. The molecule has 2 fully saturated rings. The lowest BCUT2D eigenvalue weighted by atomic mass is 9.95. The number of nitrogens with zero attached hydrogens (tertiary/aromatic N) is 3. The number of carbonyl (C=O) groups is 2. The summed E-state index contributed by atoms with van der Waals surface area (Å²) in [5.74, 6) is 0.921. The van der Waals surface area contributed by atoms with E-state index in [0.717, 1.165) is 17.7 Å². The van der Waals surface area contributed by atoms with Crippen molar-refractivity contribution in [3.8, 4) is 6.07 Å². The lowest BCUT2D eigenvalue weighted by Crippen LogP contribution is -2.59. The Bertz CT molecular complexity index is 756. The number of carboxylic acid groups (broad SMARTS) is 1. The summed E-state index contributed by atoms with van der Waals surface area (Å²) >= 11 is 1.70. The number of benzene rings is 1. The summed E-state index contributed by atoms with van der Waals surface area (Å²) in [5.41, 5.74) is 0.839. The summed E-state index contributed by atoms with van der Waals surface area (Å²) in [5, 5.41) is 22.1. The lowest BCUT2D eigenvalue weighted by molar-refractivity contribution is -0.134. The van der Waals surface area contributed by atoms with Crippen LogP contribution in [0.1, 0.15) is 30.4 Å². The number of hydrogen-bond acceptors (Lipinski definition) is 5. The molecule has 1 atom stereocenters. The number of nitriles is 1.